The van der Waals surface area contributed by atoms with Crippen LogP contribution in [0.4, 0.5) is 0 Å². The van der Waals surface area contributed by atoms with Gasteiger partial charge >= 0.3 is 0 Å². The molecule has 5 heteroatoms. The van der Waals surface area contributed by atoms with E-state index in [1.165, 1.54) is 0 Å². The first-order valence-corrected chi connectivity index (χ1v) is 7.50. The van der Waals surface area contributed by atoms with E-state index in [2.05, 4.69) is 30.3 Å². The molecular weight excluding hydrogens is 236 g/mol. The fourth-order valence-corrected chi connectivity index (χ4v) is 2.00. The van der Waals surface area contributed by atoms with Gasteiger partial charge < -0.3 is 15.2 Å². The van der Waals surface area contributed by atoms with Gasteiger partial charge in [-0.3, -0.25) is 4.90 Å². The molecule has 0 aromatic heterocycles. The summed E-state index contributed by atoms with van der Waals surface area (Å²) in [5, 5.41) is 13.3. The maximum atomic E-state index is 9.92. The summed E-state index contributed by atoms with van der Waals surface area (Å²) < 4.78 is 5.51. The van der Waals surface area contributed by atoms with E-state index in [0.717, 1.165) is 39.4 Å². The van der Waals surface area contributed by atoms with Crippen molar-refractivity contribution in [3.05, 3.63) is 0 Å². The summed E-state index contributed by atoms with van der Waals surface area (Å²) in [7, 11) is 0. The zero-order valence-corrected chi connectivity index (χ0v) is 12.1. The molecule has 1 fully saturated rings. The first-order chi connectivity index (χ1) is 8.03. The summed E-state index contributed by atoms with van der Waals surface area (Å²) in [6, 6.07) is 0. The Labute approximate surface area is 109 Å². The molecule has 102 valence electrons. The quantitative estimate of drug-likeness (QED) is 0.696. The molecule has 1 unspecified atom stereocenters. The Bertz CT molecular complexity index is 209. The smallest absolute Gasteiger partial charge is 0.0791 e. The molecule has 2 N–H and O–H groups in total. The largest absolute Gasteiger partial charge is 0.390 e. The molecule has 1 saturated heterocycles. The Hall–Kier alpha value is 0.190. The summed E-state index contributed by atoms with van der Waals surface area (Å²) in [4.78, 5) is 2.26. The molecule has 1 aliphatic rings. The summed E-state index contributed by atoms with van der Waals surface area (Å²) in [5.74, 6) is 0. The predicted octanol–water partition coefficient (Wildman–Crippen LogP) is 0.411. The summed E-state index contributed by atoms with van der Waals surface area (Å²) in [6.07, 6.45) is 1.83. The van der Waals surface area contributed by atoms with E-state index in [1.807, 2.05) is 11.8 Å². The minimum Gasteiger partial charge on any atom is -0.390 e. The minimum atomic E-state index is -0.286. The van der Waals surface area contributed by atoms with E-state index in [4.69, 9.17) is 4.74 Å². The predicted molar refractivity (Wildman–Crippen MR) is 73.7 cm³/mol. The first kappa shape index (κ1) is 15.2. The van der Waals surface area contributed by atoms with Gasteiger partial charge in [0.1, 0.15) is 0 Å². The molecule has 1 aliphatic heterocycles. The van der Waals surface area contributed by atoms with Crippen molar-refractivity contribution < 1.29 is 9.84 Å². The van der Waals surface area contributed by atoms with Crippen LogP contribution in [0.15, 0.2) is 0 Å². The number of hydrogen-bond acceptors (Lipinski definition) is 5. The summed E-state index contributed by atoms with van der Waals surface area (Å²) in [5.41, 5.74) is 0. The Kier molecular flexibility index (Phi) is 6.80. The SMILES string of the molecule is CSC(C)(C)CNCC(O)CN1CCOCC1. The zero-order chi connectivity index (χ0) is 12.7. The molecule has 17 heavy (non-hydrogen) atoms. The molecule has 4 nitrogen and oxygen atoms in total. The third kappa shape index (κ3) is 6.62. The van der Waals surface area contributed by atoms with Gasteiger partial charge in [-0.25, -0.2) is 0 Å². The van der Waals surface area contributed by atoms with E-state index >= 15 is 0 Å². The van der Waals surface area contributed by atoms with Gasteiger partial charge in [-0.1, -0.05) is 0 Å². The van der Waals surface area contributed by atoms with Crippen LogP contribution in [0.3, 0.4) is 0 Å². The van der Waals surface area contributed by atoms with Gasteiger partial charge in [0.15, 0.2) is 0 Å². The van der Waals surface area contributed by atoms with Crippen LogP contribution in [0.2, 0.25) is 0 Å². The van der Waals surface area contributed by atoms with Crippen LogP contribution in [-0.4, -0.2) is 73.1 Å². The van der Waals surface area contributed by atoms with Crippen LogP contribution in [0.1, 0.15) is 13.8 Å². The third-order valence-corrected chi connectivity index (χ3v) is 4.31. The Morgan fingerprint density at radius 1 is 1.41 bits per heavy atom. The molecule has 0 bridgehead atoms. The highest BCUT2D eigenvalue weighted by Crippen LogP contribution is 2.19. The number of aliphatic hydroxyl groups is 1. The summed E-state index contributed by atoms with van der Waals surface area (Å²) >= 11 is 1.84. The van der Waals surface area contributed by atoms with E-state index in [9.17, 15) is 5.11 Å². The van der Waals surface area contributed by atoms with Crippen molar-refractivity contribution >= 4 is 11.8 Å². The van der Waals surface area contributed by atoms with Gasteiger partial charge in [-0.15, -0.1) is 0 Å². The van der Waals surface area contributed by atoms with Crippen LogP contribution in [0.5, 0.6) is 0 Å². The molecule has 1 heterocycles. The average molecular weight is 262 g/mol. The van der Waals surface area contributed by atoms with Crippen LogP contribution in [0.25, 0.3) is 0 Å². The standard InChI is InChI=1S/C12H26N2O2S/c1-12(2,17-3)10-13-8-11(15)9-14-4-6-16-7-5-14/h11,13,15H,4-10H2,1-3H3. The molecule has 0 spiro atoms. The Balaban J connectivity index is 2.10. The average Bonchev–Trinajstić information content (AvgIpc) is 2.30. The second kappa shape index (κ2) is 7.59. The van der Waals surface area contributed by atoms with Crippen LogP contribution in [-0.2, 0) is 4.74 Å². The van der Waals surface area contributed by atoms with Gasteiger partial charge in [0.25, 0.3) is 0 Å². The van der Waals surface area contributed by atoms with Gasteiger partial charge in [0.2, 0.25) is 0 Å². The zero-order valence-electron chi connectivity index (χ0n) is 11.2. The molecule has 0 amide bonds. The fraction of sp³-hybridized carbons (Fsp3) is 1.00. The van der Waals surface area contributed by atoms with Crippen LogP contribution >= 0.6 is 11.8 Å². The number of hydrogen-bond donors (Lipinski definition) is 2. The fourth-order valence-electron chi connectivity index (χ4n) is 1.76. The summed E-state index contributed by atoms with van der Waals surface area (Å²) in [6.45, 7) is 10.2. The number of ether oxygens (including phenoxy) is 1. The monoisotopic (exact) mass is 262 g/mol. The van der Waals surface area contributed by atoms with Crippen molar-refractivity contribution in [2.75, 3.05) is 52.2 Å². The molecule has 1 atom stereocenters. The number of nitrogens with zero attached hydrogens (tertiary/aromatic N) is 1. The van der Waals surface area contributed by atoms with E-state index in [-0.39, 0.29) is 10.9 Å². The molecule has 0 aromatic rings. The highest BCUT2D eigenvalue weighted by Gasteiger charge is 2.17. The first-order valence-electron chi connectivity index (χ1n) is 6.27. The molecule has 0 aliphatic carbocycles. The third-order valence-electron chi connectivity index (χ3n) is 3.06. The van der Waals surface area contributed by atoms with Crippen molar-refractivity contribution in [1.82, 2.24) is 10.2 Å². The minimum absolute atomic E-state index is 0.235. The second-order valence-corrected chi connectivity index (χ2v) is 6.67. The number of rotatable bonds is 7. The number of aliphatic hydroxyl groups excluding tert-OH is 1. The van der Waals surface area contributed by atoms with Crippen LogP contribution < -0.4 is 5.32 Å². The maximum absolute atomic E-state index is 9.92. The van der Waals surface area contributed by atoms with E-state index < -0.39 is 0 Å². The number of morpholine rings is 1. The van der Waals surface area contributed by atoms with Gasteiger partial charge in [0, 0.05) is 37.5 Å². The lowest BCUT2D eigenvalue weighted by atomic mass is 10.2. The normalized spacial score (nSPS) is 20.5. The van der Waals surface area contributed by atoms with Crippen molar-refractivity contribution in [3.63, 3.8) is 0 Å². The van der Waals surface area contributed by atoms with Crippen LogP contribution in [0, 0.1) is 0 Å². The lowest BCUT2D eigenvalue weighted by Crippen LogP contribution is -2.45. The lowest BCUT2D eigenvalue weighted by Gasteiger charge is -2.29. The lowest BCUT2D eigenvalue weighted by molar-refractivity contribution is 0.0149. The molecular formula is C12H26N2O2S. The molecule has 0 saturated carbocycles. The highest BCUT2D eigenvalue weighted by molar-refractivity contribution is 7.99. The van der Waals surface area contributed by atoms with Crippen molar-refractivity contribution in [3.8, 4) is 0 Å². The molecule has 1 rings (SSSR count). The van der Waals surface area contributed by atoms with Gasteiger partial charge in [-0.2, -0.15) is 11.8 Å². The number of thioether (sulfide) groups is 1. The Morgan fingerprint density at radius 3 is 2.65 bits per heavy atom. The van der Waals surface area contributed by atoms with Gasteiger partial charge in [-0.05, 0) is 20.1 Å². The molecule has 0 radical (unpaired) electrons. The van der Waals surface area contributed by atoms with Crippen molar-refractivity contribution in [2.45, 2.75) is 24.7 Å². The highest BCUT2D eigenvalue weighted by atomic mass is 32.2. The topological polar surface area (TPSA) is 44.7 Å². The Morgan fingerprint density at radius 2 is 2.06 bits per heavy atom. The van der Waals surface area contributed by atoms with Gasteiger partial charge in [0.05, 0.1) is 19.3 Å². The number of β-amino-alcohol motifs (C(OH)–C–C–N with tert-alkyl or cyclic N) is 1. The van der Waals surface area contributed by atoms with Crippen molar-refractivity contribution in [2.24, 2.45) is 0 Å². The van der Waals surface area contributed by atoms with E-state index in [0.29, 0.717) is 6.54 Å². The van der Waals surface area contributed by atoms with E-state index in [1.54, 1.807) is 0 Å². The second-order valence-electron chi connectivity index (χ2n) is 5.16. The molecule has 0 aromatic carbocycles. The maximum Gasteiger partial charge on any atom is 0.0791 e. The number of nitrogens with one attached hydrogen (secondary N) is 1. The van der Waals surface area contributed by atoms with Crippen molar-refractivity contribution in [1.29, 1.82) is 0 Å².